The molecule has 1 fully saturated rings. The van der Waals surface area contributed by atoms with Gasteiger partial charge in [-0.25, -0.2) is 0 Å². The van der Waals surface area contributed by atoms with E-state index in [4.69, 9.17) is 17.0 Å². The molecule has 6 rings (SSSR count). The van der Waals surface area contributed by atoms with E-state index in [9.17, 15) is 4.79 Å². The summed E-state index contributed by atoms with van der Waals surface area (Å²) in [6.07, 6.45) is 1.41. The molecule has 1 amide bonds. The standard InChI is InChI=1S/C28H25N3O2S/c1-33-20-11-7-10-19(16-20)26-25-22(21-12-5-6-13-23(21)29-25)17-24-27(32)30(28(34)31(24)26)15-14-18-8-3-2-4-9-18/h2-13,16,24,26,29H,14-15,17H2,1H3. The number of hydrogen-bond donors (Lipinski definition) is 1. The van der Waals surface area contributed by atoms with E-state index in [1.807, 2.05) is 42.5 Å². The number of fused-ring (bicyclic) bond motifs is 4. The van der Waals surface area contributed by atoms with E-state index in [0.717, 1.165) is 28.9 Å². The first-order valence-electron chi connectivity index (χ1n) is 11.6. The van der Waals surface area contributed by atoms with Gasteiger partial charge in [-0.2, -0.15) is 0 Å². The summed E-state index contributed by atoms with van der Waals surface area (Å²) in [7, 11) is 1.67. The van der Waals surface area contributed by atoms with Gasteiger partial charge in [0.1, 0.15) is 11.8 Å². The van der Waals surface area contributed by atoms with Crippen LogP contribution in [0.15, 0.2) is 78.9 Å². The molecular weight excluding hydrogens is 442 g/mol. The number of hydrogen-bond acceptors (Lipinski definition) is 3. The van der Waals surface area contributed by atoms with Crippen LogP contribution in [0.1, 0.15) is 28.4 Å². The lowest BCUT2D eigenvalue weighted by Crippen LogP contribution is -2.44. The van der Waals surface area contributed by atoms with E-state index in [-0.39, 0.29) is 18.0 Å². The predicted molar refractivity (Wildman–Crippen MR) is 137 cm³/mol. The summed E-state index contributed by atoms with van der Waals surface area (Å²) in [5, 5.41) is 1.77. The van der Waals surface area contributed by atoms with Crippen molar-refractivity contribution in [3.05, 3.63) is 101 Å². The lowest BCUT2D eigenvalue weighted by molar-refractivity contribution is -0.128. The number of nitrogens with zero attached hydrogens (tertiary/aromatic N) is 2. The number of methoxy groups -OCH3 is 1. The van der Waals surface area contributed by atoms with E-state index < -0.39 is 0 Å². The van der Waals surface area contributed by atoms with Crippen molar-refractivity contribution in [2.75, 3.05) is 13.7 Å². The van der Waals surface area contributed by atoms with Crippen LogP contribution in [0.5, 0.6) is 5.75 Å². The van der Waals surface area contributed by atoms with Crippen LogP contribution in [0.25, 0.3) is 10.9 Å². The van der Waals surface area contributed by atoms with Crippen molar-refractivity contribution in [2.24, 2.45) is 0 Å². The first kappa shape index (κ1) is 20.9. The Labute approximate surface area is 203 Å². The molecule has 0 spiro atoms. The van der Waals surface area contributed by atoms with E-state index in [1.165, 1.54) is 16.5 Å². The molecule has 1 saturated heterocycles. The van der Waals surface area contributed by atoms with Crippen molar-refractivity contribution >= 4 is 34.1 Å². The number of aromatic nitrogens is 1. The van der Waals surface area contributed by atoms with Gasteiger partial charge in [-0.1, -0.05) is 60.7 Å². The average molecular weight is 468 g/mol. The predicted octanol–water partition coefficient (Wildman–Crippen LogP) is 4.86. The molecule has 2 unspecified atom stereocenters. The van der Waals surface area contributed by atoms with Crippen molar-refractivity contribution in [3.8, 4) is 5.75 Å². The Morgan fingerprint density at radius 1 is 1.03 bits per heavy atom. The van der Waals surface area contributed by atoms with Gasteiger partial charge >= 0.3 is 0 Å². The van der Waals surface area contributed by atoms with Crippen LogP contribution in [0.3, 0.4) is 0 Å². The maximum absolute atomic E-state index is 13.7. The zero-order valence-corrected chi connectivity index (χ0v) is 19.7. The molecule has 1 aromatic heterocycles. The van der Waals surface area contributed by atoms with Gasteiger partial charge in [0.25, 0.3) is 5.91 Å². The van der Waals surface area contributed by atoms with Gasteiger partial charge in [0.15, 0.2) is 5.11 Å². The van der Waals surface area contributed by atoms with Crippen molar-refractivity contribution in [3.63, 3.8) is 0 Å². The first-order chi connectivity index (χ1) is 16.7. The Kier molecular flexibility index (Phi) is 5.11. The first-order valence-corrected chi connectivity index (χ1v) is 12.0. The number of thiocarbonyl (C=S) groups is 1. The summed E-state index contributed by atoms with van der Waals surface area (Å²) in [6.45, 7) is 0.578. The summed E-state index contributed by atoms with van der Waals surface area (Å²) in [6, 6.07) is 26.1. The van der Waals surface area contributed by atoms with E-state index in [0.29, 0.717) is 18.1 Å². The zero-order valence-electron chi connectivity index (χ0n) is 18.9. The smallest absolute Gasteiger partial charge is 0.251 e. The van der Waals surface area contributed by atoms with E-state index >= 15 is 0 Å². The Balaban J connectivity index is 1.43. The van der Waals surface area contributed by atoms with Crippen LogP contribution < -0.4 is 4.74 Å². The lowest BCUT2D eigenvalue weighted by atomic mass is 9.89. The van der Waals surface area contributed by atoms with Crippen LogP contribution in [0, 0.1) is 0 Å². The third-order valence-corrected chi connectivity index (χ3v) is 7.44. The minimum absolute atomic E-state index is 0.0877. The molecule has 2 aliphatic rings. The molecule has 2 aliphatic heterocycles. The molecule has 34 heavy (non-hydrogen) atoms. The second kappa shape index (κ2) is 8.29. The highest BCUT2D eigenvalue weighted by atomic mass is 32.1. The zero-order chi connectivity index (χ0) is 23.2. The summed E-state index contributed by atoms with van der Waals surface area (Å²) in [4.78, 5) is 21.3. The number of aromatic amines is 1. The maximum Gasteiger partial charge on any atom is 0.251 e. The van der Waals surface area contributed by atoms with E-state index in [1.54, 1.807) is 12.0 Å². The Morgan fingerprint density at radius 2 is 1.82 bits per heavy atom. The molecule has 3 aromatic carbocycles. The SMILES string of the molecule is COc1cccc(C2c3[nH]c4ccccc4c3CC3C(=O)N(CCc4ccccc4)C(=S)N32)c1. The molecule has 1 N–H and O–H groups in total. The van der Waals surface area contributed by atoms with E-state index in [2.05, 4.69) is 46.3 Å². The van der Waals surface area contributed by atoms with Crippen LogP contribution in [-0.2, 0) is 17.6 Å². The molecule has 6 heteroatoms. The molecule has 3 heterocycles. The third-order valence-electron chi connectivity index (χ3n) is 7.01. The number of rotatable bonds is 5. The second-order valence-electron chi connectivity index (χ2n) is 8.88. The number of ether oxygens (including phenoxy) is 1. The van der Waals surface area contributed by atoms with Crippen molar-refractivity contribution in [1.82, 2.24) is 14.8 Å². The fourth-order valence-corrected chi connectivity index (χ4v) is 5.79. The van der Waals surface area contributed by atoms with Gasteiger partial charge in [0.2, 0.25) is 0 Å². The highest BCUT2D eigenvalue weighted by molar-refractivity contribution is 7.80. The summed E-state index contributed by atoms with van der Waals surface area (Å²) >= 11 is 5.96. The number of carbonyl (C=O) groups excluding carboxylic acids is 1. The number of carbonyl (C=O) groups is 1. The average Bonchev–Trinajstić information content (AvgIpc) is 3.37. The van der Waals surface area contributed by atoms with Crippen molar-refractivity contribution in [1.29, 1.82) is 0 Å². The molecule has 2 atom stereocenters. The van der Waals surface area contributed by atoms with Crippen molar-refractivity contribution in [2.45, 2.75) is 24.9 Å². The van der Waals surface area contributed by atoms with Crippen LogP contribution in [0.4, 0.5) is 0 Å². The molecule has 5 nitrogen and oxygen atoms in total. The summed E-state index contributed by atoms with van der Waals surface area (Å²) in [5.41, 5.74) is 5.64. The van der Waals surface area contributed by atoms with Gasteiger partial charge in [-0.3, -0.25) is 9.69 Å². The van der Waals surface area contributed by atoms with Gasteiger partial charge in [-0.05, 0) is 53.5 Å². The topological polar surface area (TPSA) is 48.6 Å². The minimum Gasteiger partial charge on any atom is -0.497 e. The quantitative estimate of drug-likeness (QED) is 0.426. The Bertz CT molecular complexity index is 1400. The second-order valence-corrected chi connectivity index (χ2v) is 9.24. The molecule has 0 bridgehead atoms. The number of para-hydroxylation sites is 1. The van der Waals surface area contributed by atoms with Crippen LogP contribution in [-0.4, -0.2) is 45.5 Å². The van der Waals surface area contributed by atoms with Gasteiger partial charge < -0.3 is 14.6 Å². The summed E-state index contributed by atoms with van der Waals surface area (Å²) in [5.74, 6) is 0.874. The number of H-pyrrole nitrogens is 1. The lowest BCUT2D eigenvalue weighted by Gasteiger charge is -2.37. The van der Waals surface area contributed by atoms with Crippen molar-refractivity contribution < 1.29 is 9.53 Å². The van der Waals surface area contributed by atoms with Gasteiger partial charge in [0, 0.05) is 29.6 Å². The third kappa shape index (κ3) is 3.29. The number of nitrogens with one attached hydrogen (secondary N) is 1. The highest BCUT2D eigenvalue weighted by Gasteiger charge is 2.50. The normalized spacial score (nSPS) is 19.4. The number of benzene rings is 3. The molecule has 170 valence electrons. The molecule has 0 radical (unpaired) electrons. The molecule has 0 aliphatic carbocycles. The molecular formula is C28H25N3O2S. The summed E-state index contributed by atoms with van der Waals surface area (Å²) < 4.78 is 5.52. The highest BCUT2D eigenvalue weighted by Crippen LogP contribution is 2.44. The Hall–Kier alpha value is -3.64. The Morgan fingerprint density at radius 3 is 2.65 bits per heavy atom. The fourth-order valence-electron chi connectivity index (χ4n) is 5.38. The maximum atomic E-state index is 13.7. The van der Waals surface area contributed by atoms with Crippen LogP contribution in [0.2, 0.25) is 0 Å². The fraction of sp³-hybridized carbons (Fsp3) is 0.214. The van der Waals surface area contributed by atoms with Gasteiger partial charge in [-0.15, -0.1) is 0 Å². The number of amides is 1. The minimum atomic E-state index is -0.314. The monoisotopic (exact) mass is 467 g/mol. The van der Waals surface area contributed by atoms with Gasteiger partial charge in [0.05, 0.1) is 13.2 Å². The molecule has 4 aromatic rings. The largest absolute Gasteiger partial charge is 0.497 e. The van der Waals surface area contributed by atoms with Crippen LogP contribution >= 0.6 is 12.2 Å². The molecule has 0 saturated carbocycles.